The predicted octanol–water partition coefficient (Wildman–Crippen LogP) is 2.35. The molecule has 1 N–H and O–H groups in total. The fourth-order valence-corrected chi connectivity index (χ4v) is 1.90. The van der Waals surface area contributed by atoms with E-state index in [0.717, 1.165) is 0 Å². The summed E-state index contributed by atoms with van der Waals surface area (Å²) in [6, 6.07) is 11.2. The van der Waals surface area contributed by atoms with Gasteiger partial charge in [0.2, 0.25) is 0 Å². The largest absolute Gasteiger partial charge is 0.293 e. The van der Waals surface area contributed by atoms with Gasteiger partial charge in [0, 0.05) is 12.8 Å². The Labute approximate surface area is 111 Å². The Morgan fingerprint density at radius 1 is 1.53 bits per heavy atom. The van der Waals surface area contributed by atoms with E-state index in [1.807, 2.05) is 18.2 Å². The Morgan fingerprint density at radius 3 is 2.79 bits per heavy atom. The SMILES string of the molecule is CCC(=O)C1=NN(c2ccccc2)C(=N)C(C#N)C1. The van der Waals surface area contributed by atoms with Crippen molar-refractivity contribution in [3.05, 3.63) is 30.3 Å². The van der Waals surface area contributed by atoms with Crippen molar-refractivity contribution in [1.29, 1.82) is 10.7 Å². The van der Waals surface area contributed by atoms with Crippen LogP contribution in [0.25, 0.3) is 0 Å². The zero-order chi connectivity index (χ0) is 13.8. The van der Waals surface area contributed by atoms with Gasteiger partial charge in [-0.05, 0) is 12.1 Å². The van der Waals surface area contributed by atoms with Crippen LogP contribution in [-0.2, 0) is 4.79 Å². The molecule has 0 fully saturated rings. The lowest BCUT2D eigenvalue weighted by Crippen LogP contribution is -2.39. The van der Waals surface area contributed by atoms with Gasteiger partial charge < -0.3 is 0 Å². The van der Waals surface area contributed by atoms with Gasteiger partial charge in [-0.25, -0.2) is 5.01 Å². The average molecular weight is 254 g/mol. The molecule has 96 valence electrons. The van der Waals surface area contributed by atoms with Crippen molar-refractivity contribution >= 4 is 23.0 Å². The number of para-hydroxylation sites is 1. The molecule has 1 aliphatic heterocycles. The van der Waals surface area contributed by atoms with E-state index in [9.17, 15) is 4.79 Å². The summed E-state index contributed by atoms with van der Waals surface area (Å²) in [5.74, 6) is -0.585. The Kier molecular flexibility index (Phi) is 3.71. The lowest BCUT2D eigenvalue weighted by Gasteiger charge is -2.28. The standard InChI is InChI=1S/C14H14N4O/c1-2-13(19)12-8-10(9-15)14(16)18(17-12)11-6-4-3-5-7-11/h3-7,10,16H,2,8H2,1H3. The maximum absolute atomic E-state index is 11.8. The fraction of sp³-hybridized carbons (Fsp3) is 0.286. The second-order valence-electron chi connectivity index (χ2n) is 4.24. The van der Waals surface area contributed by atoms with Crippen molar-refractivity contribution in [2.24, 2.45) is 11.0 Å². The lowest BCUT2D eigenvalue weighted by atomic mass is 9.97. The van der Waals surface area contributed by atoms with Crippen molar-refractivity contribution in [3.8, 4) is 6.07 Å². The molecule has 0 aromatic heterocycles. The molecule has 19 heavy (non-hydrogen) atoms. The van der Waals surface area contributed by atoms with Crippen LogP contribution in [-0.4, -0.2) is 17.3 Å². The summed E-state index contributed by atoms with van der Waals surface area (Å²) in [7, 11) is 0. The van der Waals surface area contributed by atoms with Gasteiger partial charge in [-0.3, -0.25) is 10.2 Å². The van der Waals surface area contributed by atoms with Crippen molar-refractivity contribution in [2.75, 3.05) is 5.01 Å². The molecular formula is C14H14N4O. The van der Waals surface area contributed by atoms with Gasteiger partial charge in [0.1, 0.15) is 17.5 Å². The van der Waals surface area contributed by atoms with E-state index in [2.05, 4.69) is 11.2 Å². The molecule has 0 spiro atoms. The third-order valence-electron chi connectivity index (χ3n) is 2.98. The molecule has 1 unspecified atom stereocenters. The van der Waals surface area contributed by atoms with Crippen LogP contribution < -0.4 is 5.01 Å². The van der Waals surface area contributed by atoms with Crippen LogP contribution in [0.15, 0.2) is 35.4 Å². The number of nitrogens with zero attached hydrogens (tertiary/aromatic N) is 3. The first-order valence-corrected chi connectivity index (χ1v) is 6.11. The molecule has 5 heteroatoms. The van der Waals surface area contributed by atoms with Gasteiger partial charge in [0.25, 0.3) is 0 Å². The monoisotopic (exact) mass is 254 g/mol. The smallest absolute Gasteiger partial charge is 0.178 e. The summed E-state index contributed by atoms with van der Waals surface area (Å²) in [5.41, 5.74) is 1.06. The molecule has 0 amide bonds. The van der Waals surface area contributed by atoms with Crippen LogP contribution in [0.1, 0.15) is 19.8 Å². The molecule has 5 nitrogen and oxygen atoms in total. The number of hydrogen-bond acceptors (Lipinski definition) is 4. The molecular weight excluding hydrogens is 240 g/mol. The lowest BCUT2D eigenvalue weighted by molar-refractivity contribution is -0.112. The highest BCUT2D eigenvalue weighted by molar-refractivity contribution is 6.41. The first-order chi connectivity index (χ1) is 9.17. The quantitative estimate of drug-likeness (QED) is 0.899. The maximum Gasteiger partial charge on any atom is 0.178 e. The number of carbonyl (C=O) groups is 1. The number of ketones is 1. The molecule has 0 bridgehead atoms. The van der Waals surface area contributed by atoms with E-state index in [-0.39, 0.29) is 18.0 Å². The number of nitriles is 1. The fourth-order valence-electron chi connectivity index (χ4n) is 1.90. The van der Waals surface area contributed by atoms with E-state index >= 15 is 0 Å². The number of hydrogen-bond donors (Lipinski definition) is 1. The van der Waals surface area contributed by atoms with Crippen LogP contribution in [0.4, 0.5) is 5.69 Å². The highest BCUT2D eigenvalue weighted by atomic mass is 16.1. The minimum atomic E-state index is -0.622. The Bertz CT molecular complexity index is 571. The van der Waals surface area contributed by atoms with Crippen molar-refractivity contribution < 1.29 is 4.79 Å². The second-order valence-corrected chi connectivity index (χ2v) is 4.24. The predicted molar refractivity (Wildman–Crippen MR) is 73.1 cm³/mol. The summed E-state index contributed by atoms with van der Waals surface area (Å²) in [4.78, 5) is 11.8. The van der Waals surface area contributed by atoms with E-state index < -0.39 is 5.92 Å². The summed E-state index contributed by atoms with van der Waals surface area (Å²) < 4.78 is 0. The van der Waals surface area contributed by atoms with Crippen LogP contribution in [0.5, 0.6) is 0 Å². The maximum atomic E-state index is 11.8. The summed E-state index contributed by atoms with van der Waals surface area (Å²) >= 11 is 0. The van der Waals surface area contributed by atoms with E-state index in [1.165, 1.54) is 5.01 Å². The third-order valence-corrected chi connectivity index (χ3v) is 2.98. The van der Waals surface area contributed by atoms with Crippen LogP contribution in [0.3, 0.4) is 0 Å². The van der Waals surface area contributed by atoms with Gasteiger partial charge in [0.15, 0.2) is 5.78 Å². The van der Waals surface area contributed by atoms with Gasteiger partial charge >= 0.3 is 0 Å². The Morgan fingerprint density at radius 2 is 2.21 bits per heavy atom. The molecule has 1 aromatic carbocycles. The van der Waals surface area contributed by atoms with Gasteiger partial charge in [-0.15, -0.1) is 0 Å². The molecule has 0 saturated heterocycles. The van der Waals surface area contributed by atoms with Crippen molar-refractivity contribution in [1.82, 2.24) is 0 Å². The summed E-state index contributed by atoms with van der Waals surface area (Å²) in [5, 5.41) is 22.7. The molecule has 1 aliphatic rings. The molecule has 1 atom stereocenters. The average Bonchev–Trinajstić information content (AvgIpc) is 2.47. The number of rotatable bonds is 3. The highest BCUT2D eigenvalue weighted by Crippen LogP contribution is 2.23. The Balaban J connectivity index is 2.42. The van der Waals surface area contributed by atoms with Crippen LogP contribution >= 0.6 is 0 Å². The zero-order valence-electron chi connectivity index (χ0n) is 10.6. The molecule has 0 aliphatic carbocycles. The van der Waals surface area contributed by atoms with E-state index in [0.29, 0.717) is 17.8 Å². The van der Waals surface area contributed by atoms with Gasteiger partial charge in [0.05, 0.1) is 11.8 Å². The van der Waals surface area contributed by atoms with E-state index in [1.54, 1.807) is 19.1 Å². The third kappa shape index (κ3) is 2.52. The summed E-state index contributed by atoms with van der Waals surface area (Å²) in [6.45, 7) is 1.76. The first kappa shape index (κ1) is 13.0. The van der Waals surface area contributed by atoms with E-state index in [4.69, 9.17) is 10.7 Å². The molecule has 0 radical (unpaired) electrons. The van der Waals surface area contributed by atoms with Crippen molar-refractivity contribution in [2.45, 2.75) is 19.8 Å². The number of amidine groups is 1. The number of benzene rings is 1. The van der Waals surface area contributed by atoms with Gasteiger partial charge in [-0.1, -0.05) is 25.1 Å². The normalized spacial score (nSPS) is 18.7. The minimum Gasteiger partial charge on any atom is -0.293 e. The zero-order valence-corrected chi connectivity index (χ0v) is 10.6. The highest BCUT2D eigenvalue weighted by Gasteiger charge is 2.30. The Hall–Kier alpha value is -2.48. The number of hydrazone groups is 1. The second kappa shape index (κ2) is 5.44. The molecule has 2 rings (SSSR count). The topological polar surface area (TPSA) is 80.3 Å². The van der Waals surface area contributed by atoms with Crippen LogP contribution in [0.2, 0.25) is 0 Å². The molecule has 1 heterocycles. The minimum absolute atomic E-state index is 0.0753. The number of nitrogens with one attached hydrogen (secondary N) is 1. The number of carbonyl (C=O) groups excluding carboxylic acids is 1. The van der Waals surface area contributed by atoms with Crippen molar-refractivity contribution in [3.63, 3.8) is 0 Å². The first-order valence-electron chi connectivity index (χ1n) is 6.11. The van der Waals surface area contributed by atoms with Gasteiger partial charge in [-0.2, -0.15) is 10.4 Å². The number of anilines is 1. The summed E-state index contributed by atoms with van der Waals surface area (Å²) in [6.07, 6.45) is 0.582. The molecule has 0 saturated carbocycles. The number of Topliss-reactive ketones (excluding diaryl/α,β-unsaturated/α-hetero) is 1. The van der Waals surface area contributed by atoms with Crippen LogP contribution in [0, 0.1) is 22.7 Å². The molecule has 1 aromatic rings.